The molecule has 3 aromatic rings. The number of hydrogen-bond donors (Lipinski definition) is 4. The van der Waals surface area contributed by atoms with E-state index in [1.165, 1.54) is 24.4 Å². The zero-order valence-electron chi connectivity index (χ0n) is 19.2. The van der Waals surface area contributed by atoms with Crippen LogP contribution >= 0.6 is 23.2 Å². The van der Waals surface area contributed by atoms with Crippen LogP contribution in [-0.4, -0.2) is 27.8 Å². The molecule has 0 saturated heterocycles. The highest BCUT2D eigenvalue weighted by molar-refractivity contribution is 6.42. The number of carbonyl (C=O) groups is 1. The van der Waals surface area contributed by atoms with E-state index in [2.05, 4.69) is 25.6 Å². The quantitative estimate of drug-likeness (QED) is 0.316. The number of carbonyl (C=O) groups excluding carboxylic acids is 1. The van der Waals surface area contributed by atoms with E-state index < -0.39 is 17.4 Å². The molecule has 1 heterocycles. The van der Waals surface area contributed by atoms with Gasteiger partial charge in [-0.15, -0.1) is 0 Å². The van der Waals surface area contributed by atoms with Gasteiger partial charge in [-0.05, 0) is 68.8 Å². The van der Waals surface area contributed by atoms with Crippen LogP contribution in [-0.2, 0) is 0 Å². The van der Waals surface area contributed by atoms with Gasteiger partial charge in [0.05, 0.1) is 27.0 Å². The van der Waals surface area contributed by atoms with Crippen molar-refractivity contribution in [2.24, 2.45) is 10.7 Å². The summed E-state index contributed by atoms with van der Waals surface area (Å²) < 4.78 is 14.6. The molecule has 35 heavy (non-hydrogen) atoms. The lowest BCUT2D eigenvalue weighted by Gasteiger charge is -2.15. The van der Waals surface area contributed by atoms with E-state index in [0.717, 1.165) is 0 Å². The largest absolute Gasteiger partial charge is 0.396 e. The highest BCUT2D eigenvalue weighted by Gasteiger charge is 2.15. The molecular formula is C24H24Cl2FN7O. The molecule has 0 fully saturated rings. The minimum atomic E-state index is -0.606. The van der Waals surface area contributed by atoms with Gasteiger partial charge in [-0.3, -0.25) is 4.99 Å². The Morgan fingerprint density at radius 2 is 1.77 bits per heavy atom. The zero-order chi connectivity index (χ0) is 25.8. The number of anilines is 3. The average Bonchev–Trinajstić information content (AvgIpc) is 2.75. The first kappa shape index (κ1) is 25.9. The maximum Gasteiger partial charge on any atom is 0.323 e. The number of urea groups is 1. The van der Waals surface area contributed by atoms with Crippen LogP contribution in [0.3, 0.4) is 0 Å². The zero-order valence-corrected chi connectivity index (χ0v) is 20.7. The number of allylic oxidation sites excluding steroid dienone is 1. The Balaban J connectivity index is 1.98. The summed E-state index contributed by atoms with van der Waals surface area (Å²) in [4.78, 5) is 25.0. The van der Waals surface area contributed by atoms with Crippen LogP contribution in [0.15, 0.2) is 53.7 Å². The van der Waals surface area contributed by atoms with Crippen LogP contribution in [0.1, 0.15) is 32.0 Å². The van der Waals surface area contributed by atoms with Crippen molar-refractivity contribution in [3.05, 3.63) is 75.8 Å². The van der Waals surface area contributed by atoms with Crippen molar-refractivity contribution in [1.82, 2.24) is 9.97 Å². The molecule has 0 aliphatic heterocycles. The van der Waals surface area contributed by atoms with Gasteiger partial charge in [0.15, 0.2) is 0 Å². The second kappa shape index (κ2) is 10.7. The molecule has 0 aliphatic rings. The summed E-state index contributed by atoms with van der Waals surface area (Å²) in [5, 5.41) is 5.86. The molecule has 6 N–H and O–H groups in total. The molecule has 2 amide bonds. The Morgan fingerprint density at radius 3 is 2.43 bits per heavy atom. The van der Waals surface area contributed by atoms with Crippen molar-refractivity contribution in [2.75, 3.05) is 16.4 Å². The second-order valence-corrected chi connectivity index (χ2v) is 9.31. The Bertz CT molecular complexity index is 1320. The van der Waals surface area contributed by atoms with E-state index in [-0.39, 0.29) is 22.4 Å². The molecule has 2 aromatic carbocycles. The average molecular weight is 516 g/mol. The number of hydrogen-bond acceptors (Lipinski definition) is 6. The second-order valence-electron chi connectivity index (χ2n) is 8.49. The number of rotatable bonds is 5. The summed E-state index contributed by atoms with van der Waals surface area (Å²) in [6.45, 7) is 5.73. The van der Waals surface area contributed by atoms with Gasteiger partial charge in [-0.25, -0.2) is 19.2 Å². The maximum atomic E-state index is 14.6. The first-order chi connectivity index (χ1) is 16.4. The lowest BCUT2D eigenvalue weighted by Crippen LogP contribution is -2.19. The summed E-state index contributed by atoms with van der Waals surface area (Å²) in [7, 11) is 0. The van der Waals surface area contributed by atoms with E-state index in [1.54, 1.807) is 30.5 Å². The number of nitrogens with two attached hydrogens (primary N) is 2. The van der Waals surface area contributed by atoms with Crippen LogP contribution in [0.4, 0.5) is 26.5 Å². The third-order valence-corrected chi connectivity index (χ3v) is 5.20. The summed E-state index contributed by atoms with van der Waals surface area (Å²) in [6, 6.07) is 9.64. The summed E-state index contributed by atoms with van der Waals surface area (Å²) in [5.74, 6) is -0.554. The number of nitrogens with one attached hydrogen (secondary N) is 2. The predicted molar refractivity (Wildman–Crippen MR) is 141 cm³/mol. The molecular weight excluding hydrogens is 492 g/mol. The highest BCUT2D eigenvalue weighted by Crippen LogP contribution is 2.27. The Labute approximate surface area is 212 Å². The van der Waals surface area contributed by atoms with Crippen LogP contribution in [0.2, 0.25) is 10.0 Å². The summed E-state index contributed by atoms with van der Waals surface area (Å²) >= 11 is 11.9. The fraction of sp³-hybridized carbons (Fsp3) is 0.167. The van der Waals surface area contributed by atoms with Gasteiger partial charge in [-0.1, -0.05) is 23.2 Å². The standard InChI is InChI=1S/C24H24Cl2FN7O/c1-24(2,3)31-12-17(21(28)20-6-7-30-22(29)34-20)13-8-14(27)10-16(9-13)33-23(35)32-15-4-5-18(25)19(26)11-15/h4-12H,28H2,1-3H3,(H2,29,30,34)(H2,32,33,35). The maximum absolute atomic E-state index is 14.6. The number of amides is 2. The van der Waals surface area contributed by atoms with Crippen LogP contribution in [0.25, 0.3) is 11.3 Å². The van der Waals surface area contributed by atoms with Gasteiger partial charge in [0.25, 0.3) is 0 Å². The van der Waals surface area contributed by atoms with E-state index in [0.29, 0.717) is 27.5 Å². The fourth-order valence-corrected chi connectivity index (χ4v) is 3.20. The fourth-order valence-electron chi connectivity index (χ4n) is 2.90. The van der Waals surface area contributed by atoms with Gasteiger partial charge in [-0.2, -0.15) is 0 Å². The van der Waals surface area contributed by atoms with Gasteiger partial charge >= 0.3 is 6.03 Å². The van der Waals surface area contributed by atoms with E-state index in [4.69, 9.17) is 34.7 Å². The Kier molecular flexibility index (Phi) is 7.93. The van der Waals surface area contributed by atoms with Gasteiger partial charge < -0.3 is 22.1 Å². The molecule has 3 rings (SSSR count). The number of nitrogens with zero attached hydrogens (tertiary/aromatic N) is 3. The molecule has 0 saturated carbocycles. The molecule has 0 atom stereocenters. The SMILES string of the molecule is CC(C)(C)N=CC(=C(N)c1ccnc(N)n1)c1cc(F)cc(NC(=O)Nc2ccc(Cl)c(Cl)c2)c1. The number of nitrogen functional groups attached to an aromatic ring is 1. The number of aromatic nitrogens is 2. The minimum absolute atomic E-state index is 0.0399. The monoisotopic (exact) mass is 515 g/mol. The molecule has 0 aliphatic carbocycles. The lowest BCUT2D eigenvalue weighted by molar-refractivity contribution is 0.262. The van der Waals surface area contributed by atoms with Crippen LogP contribution in [0, 0.1) is 5.82 Å². The van der Waals surface area contributed by atoms with Crippen molar-refractivity contribution in [3.63, 3.8) is 0 Å². The topological polar surface area (TPSA) is 131 Å². The van der Waals surface area contributed by atoms with Crippen molar-refractivity contribution < 1.29 is 9.18 Å². The third kappa shape index (κ3) is 7.40. The number of halogens is 3. The highest BCUT2D eigenvalue weighted by atomic mass is 35.5. The molecule has 1 aromatic heterocycles. The molecule has 8 nitrogen and oxygen atoms in total. The van der Waals surface area contributed by atoms with Crippen LogP contribution in [0.5, 0.6) is 0 Å². The first-order valence-electron chi connectivity index (χ1n) is 10.4. The molecule has 0 unspecified atom stereocenters. The van der Waals surface area contributed by atoms with Crippen molar-refractivity contribution in [1.29, 1.82) is 0 Å². The Hall–Kier alpha value is -3.69. The summed E-state index contributed by atoms with van der Waals surface area (Å²) in [5.41, 5.74) is 13.6. The van der Waals surface area contributed by atoms with E-state index in [9.17, 15) is 9.18 Å². The summed E-state index contributed by atoms with van der Waals surface area (Å²) in [6.07, 6.45) is 3.01. The van der Waals surface area contributed by atoms with Gasteiger partial charge in [0.2, 0.25) is 5.95 Å². The lowest BCUT2D eigenvalue weighted by atomic mass is 10.0. The van der Waals surface area contributed by atoms with E-state index >= 15 is 0 Å². The van der Waals surface area contributed by atoms with Gasteiger partial charge in [0.1, 0.15) is 5.82 Å². The predicted octanol–water partition coefficient (Wildman–Crippen LogP) is 5.85. The first-order valence-corrected chi connectivity index (χ1v) is 11.1. The normalized spacial score (nSPS) is 12.4. The number of aliphatic imine (C=N–C) groups is 1. The minimum Gasteiger partial charge on any atom is -0.396 e. The van der Waals surface area contributed by atoms with Crippen molar-refractivity contribution >= 4 is 64.0 Å². The smallest absolute Gasteiger partial charge is 0.323 e. The molecule has 11 heteroatoms. The van der Waals surface area contributed by atoms with Gasteiger partial charge in [0, 0.05) is 29.4 Å². The molecule has 0 spiro atoms. The molecule has 0 radical (unpaired) electrons. The molecule has 182 valence electrons. The van der Waals surface area contributed by atoms with E-state index in [1.807, 2.05) is 20.8 Å². The molecule has 0 bridgehead atoms. The third-order valence-electron chi connectivity index (χ3n) is 4.47. The number of benzene rings is 2. The van der Waals surface area contributed by atoms with Crippen molar-refractivity contribution in [2.45, 2.75) is 26.3 Å². The van der Waals surface area contributed by atoms with Crippen molar-refractivity contribution in [3.8, 4) is 0 Å². The van der Waals surface area contributed by atoms with Crippen LogP contribution < -0.4 is 22.1 Å². The Morgan fingerprint density at radius 1 is 1.06 bits per heavy atom.